The van der Waals surface area contributed by atoms with Crippen LogP contribution in [0.2, 0.25) is 5.02 Å². The lowest BCUT2D eigenvalue weighted by atomic mass is 10.1. The van der Waals surface area contributed by atoms with Gasteiger partial charge in [-0.3, -0.25) is 0 Å². The smallest absolute Gasteiger partial charge is 0.337 e. The largest absolute Gasteiger partial charge is 0.465 e. The van der Waals surface area contributed by atoms with Crippen LogP contribution in [0.15, 0.2) is 18.2 Å². The summed E-state index contributed by atoms with van der Waals surface area (Å²) < 4.78 is 4.55. The third-order valence-corrected chi connectivity index (χ3v) is 2.97. The molecule has 5 heteroatoms. The summed E-state index contributed by atoms with van der Waals surface area (Å²) in [6.45, 7) is 0. The van der Waals surface area contributed by atoms with Crippen molar-refractivity contribution in [3.8, 4) is 0 Å². The number of methoxy groups -OCH3 is 1. The van der Waals surface area contributed by atoms with Crippen molar-refractivity contribution in [1.29, 1.82) is 0 Å². The Morgan fingerprint density at radius 3 is 2.57 bits per heavy atom. The van der Waals surface area contributed by atoms with E-state index in [1.54, 1.807) is 18.2 Å². The van der Waals surface area contributed by atoms with Gasteiger partial charge in [-0.05, 0) is 17.7 Å². The van der Waals surface area contributed by atoms with Gasteiger partial charge in [-0.2, -0.15) is 0 Å². The predicted molar refractivity (Wildman–Crippen MR) is 63.4 cm³/mol. The van der Waals surface area contributed by atoms with E-state index >= 15 is 0 Å². The number of carbonyl (C=O) groups is 1. The standard InChI is InChI=1S/C9H7Br2ClO2/c1-14-9(13)5-2-3-6(8(10)11)7(12)4-5/h2-4,8H,1H3. The Hall–Kier alpha value is -0.0600. The molecule has 0 saturated carbocycles. The van der Waals surface area contributed by atoms with E-state index in [4.69, 9.17) is 11.6 Å². The number of halogens is 3. The van der Waals surface area contributed by atoms with Gasteiger partial charge >= 0.3 is 5.97 Å². The van der Waals surface area contributed by atoms with Gasteiger partial charge in [0.05, 0.1) is 16.4 Å². The lowest BCUT2D eigenvalue weighted by Crippen LogP contribution is -2.01. The number of benzene rings is 1. The van der Waals surface area contributed by atoms with E-state index in [2.05, 4.69) is 36.6 Å². The summed E-state index contributed by atoms with van der Waals surface area (Å²) in [5.74, 6) is -0.390. The average molecular weight is 342 g/mol. The molecule has 0 saturated heterocycles. The first-order chi connectivity index (χ1) is 6.56. The number of hydrogen-bond donors (Lipinski definition) is 0. The van der Waals surface area contributed by atoms with Crippen molar-refractivity contribution in [3.63, 3.8) is 0 Å². The van der Waals surface area contributed by atoms with Crippen LogP contribution in [0.4, 0.5) is 0 Å². The molecular weight excluding hydrogens is 335 g/mol. The molecule has 76 valence electrons. The van der Waals surface area contributed by atoms with Crippen molar-refractivity contribution >= 4 is 49.4 Å². The number of alkyl halides is 2. The third kappa shape index (κ3) is 2.72. The molecule has 14 heavy (non-hydrogen) atoms. The molecule has 0 radical (unpaired) electrons. The summed E-state index contributed by atoms with van der Waals surface area (Å²) in [7, 11) is 1.34. The number of ether oxygens (including phenoxy) is 1. The van der Waals surface area contributed by atoms with Crippen LogP contribution >= 0.6 is 43.5 Å². The highest BCUT2D eigenvalue weighted by Crippen LogP contribution is 2.34. The summed E-state index contributed by atoms with van der Waals surface area (Å²) in [5, 5.41) is 0.520. The van der Waals surface area contributed by atoms with E-state index in [-0.39, 0.29) is 9.71 Å². The summed E-state index contributed by atoms with van der Waals surface area (Å²) in [6.07, 6.45) is 0. The molecule has 0 N–H and O–H groups in total. The second-order valence-electron chi connectivity index (χ2n) is 2.53. The van der Waals surface area contributed by atoms with E-state index in [0.29, 0.717) is 10.6 Å². The summed E-state index contributed by atoms with van der Waals surface area (Å²) in [4.78, 5) is 11.1. The van der Waals surface area contributed by atoms with E-state index < -0.39 is 0 Å². The highest BCUT2D eigenvalue weighted by atomic mass is 79.9. The Bertz CT molecular complexity index is 353. The fraction of sp³-hybridized carbons (Fsp3) is 0.222. The van der Waals surface area contributed by atoms with Crippen molar-refractivity contribution in [2.75, 3.05) is 7.11 Å². The van der Waals surface area contributed by atoms with Crippen LogP contribution in [-0.4, -0.2) is 13.1 Å². The molecule has 0 bridgehead atoms. The van der Waals surface area contributed by atoms with E-state index in [9.17, 15) is 4.79 Å². The maximum absolute atomic E-state index is 11.1. The highest BCUT2D eigenvalue weighted by molar-refractivity contribution is 9.24. The average Bonchev–Trinajstić information content (AvgIpc) is 2.15. The zero-order valence-corrected chi connectivity index (χ0v) is 11.2. The normalized spacial score (nSPS) is 10.4. The summed E-state index contributed by atoms with van der Waals surface area (Å²) in [6, 6.07) is 5.02. The molecule has 0 unspecified atom stereocenters. The fourth-order valence-corrected chi connectivity index (χ4v) is 2.30. The maximum atomic E-state index is 11.1. The molecule has 0 aliphatic heterocycles. The van der Waals surface area contributed by atoms with Crippen LogP contribution in [-0.2, 0) is 4.74 Å². The summed E-state index contributed by atoms with van der Waals surface area (Å²) >= 11 is 12.6. The lowest BCUT2D eigenvalue weighted by molar-refractivity contribution is 0.0601. The van der Waals surface area contributed by atoms with E-state index in [0.717, 1.165) is 5.56 Å². The molecule has 0 aliphatic carbocycles. The Kier molecular flexibility index (Phi) is 4.41. The Balaban J connectivity index is 3.06. The van der Waals surface area contributed by atoms with Crippen LogP contribution in [0.1, 0.15) is 19.7 Å². The number of rotatable bonds is 2. The lowest BCUT2D eigenvalue weighted by Gasteiger charge is -2.06. The monoisotopic (exact) mass is 340 g/mol. The number of carbonyl (C=O) groups excluding carboxylic acids is 1. The van der Waals surface area contributed by atoms with Crippen molar-refractivity contribution < 1.29 is 9.53 Å². The quantitative estimate of drug-likeness (QED) is 0.602. The van der Waals surface area contributed by atoms with Crippen LogP contribution in [0.5, 0.6) is 0 Å². The van der Waals surface area contributed by atoms with Crippen molar-refractivity contribution in [1.82, 2.24) is 0 Å². The molecule has 0 aromatic heterocycles. The zero-order chi connectivity index (χ0) is 10.7. The SMILES string of the molecule is COC(=O)c1ccc(C(Br)Br)c(Cl)c1. The molecule has 0 aliphatic rings. The molecule has 0 fully saturated rings. The van der Waals surface area contributed by atoms with E-state index in [1.165, 1.54) is 7.11 Å². The Morgan fingerprint density at radius 1 is 1.50 bits per heavy atom. The van der Waals surface area contributed by atoms with Gasteiger partial charge in [0, 0.05) is 5.02 Å². The van der Waals surface area contributed by atoms with Crippen LogP contribution in [0, 0.1) is 0 Å². The molecule has 0 heterocycles. The molecule has 2 nitrogen and oxygen atoms in total. The van der Waals surface area contributed by atoms with Gasteiger partial charge in [0.2, 0.25) is 0 Å². The topological polar surface area (TPSA) is 26.3 Å². The molecule has 1 aromatic rings. The second kappa shape index (κ2) is 5.14. The fourth-order valence-electron chi connectivity index (χ4n) is 0.949. The van der Waals surface area contributed by atoms with Crippen LogP contribution in [0.3, 0.4) is 0 Å². The minimum atomic E-state index is -0.390. The molecule has 1 aromatic carbocycles. The van der Waals surface area contributed by atoms with Crippen molar-refractivity contribution in [3.05, 3.63) is 34.3 Å². The van der Waals surface area contributed by atoms with Gasteiger partial charge < -0.3 is 4.74 Å². The van der Waals surface area contributed by atoms with Gasteiger partial charge in [0.15, 0.2) is 0 Å². The zero-order valence-electron chi connectivity index (χ0n) is 7.26. The third-order valence-electron chi connectivity index (χ3n) is 1.66. The number of esters is 1. The Morgan fingerprint density at radius 2 is 2.14 bits per heavy atom. The molecule has 0 amide bonds. The van der Waals surface area contributed by atoms with Crippen molar-refractivity contribution in [2.24, 2.45) is 0 Å². The molecule has 1 rings (SSSR count). The molecular formula is C9H7Br2ClO2. The first-order valence-electron chi connectivity index (χ1n) is 3.72. The summed E-state index contributed by atoms with van der Waals surface area (Å²) in [5.41, 5.74) is 1.32. The minimum Gasteiger partial charge on any atom is -0.465 e. The van der Waals surface area contributed by atoms with Gasteiger partial charge in [-0.25, -0.2) is 4.79 Å². The first-order valence-corrected chi connectivity index (χ1v) is 5.93. The van der Waals surface area contributed by atoms with Crippen LogP contribution < -0.4 is 0 Å². The minimum absolute atomic E-state index is 0.0193. The van der Waals surface area contributed by atoms with E-state index in [1.807, 2.05) is 0 Å². The van der Waals surface area contributed by atoms with Crippen molar-refractivity contribution in [2.45, 2.75) is 3.74 Å². The van der Waals surface area contributed by atoms with Gasteiger partial charge in [-0.1, -0.05) is 49.5 Å². The van der Waals surface area contributed by atoms with Crippen LogP contribution in [0.25, 0.3) is 0 Å². The van der Waals surface area contributed by atoms with Gasteiger partial charge in [0.1, 0.15) is 0 Å². The second-order valence-corrected chi connectivity index (χ2v) is 6.00. The molecule has 0 atom stereocenters. The maximum Gasteiger partial charge on any atom is 0.337 e. The molecule has 0 spiro atoms. The predicted octanol–water partition coefficient (Wildman–Crippen LogP) is 3.92. The highest BCUT2D eigenvalue weighted by Gasteiger charge is 2.11. The Labute approximate surface area is 104 Å². The van der Waals surface area contributed by atoms with Gasteiger partial charge in [-0.15, -0.1) is 0 Å². The van der Waals surface area contributed by atoms with Gasteiger partial charge in [0.25, 0.3) is 0 Å². The first kappa shape index (κ1) is 12.0. The number of hydrogen-bond acceptors (Lipinski definition) is 2.